The third kappa shape index (κ3) is 10.4. The van der Waals surface area contributed by atoms with Gasteiger partial charge in [0, 0.05) is 0 Å². The molecule has 1 rings (SSSR count). The van der Waals surface area contributed by atoms with Crippen LogP contribution in [0, 0.1) is 6.08 Å². The molecule has 0 fully saturated rings. The summed E-state index contributed by atoms with van der Waals surface area (Å²) in [5.41, 5.74) is 1.27. The Morgan fingerprint density at radius 3 is 1.90 bits per heavy atom. The van der Waals surface area contributed by atoms with E-state index in [9.17, 15) is 0 Å². The minimum absolute atomic E-state index is 0. The molecule has 0 aromatic rings. The van der Waals surface area contributed by atoms with Crippen molar-refractivity contribution in [1.29, 1.82) is 0 Å². The van der Waals surface area contributed by atoms with Crippen LogP contribution in [-0.2, 0) is 21.7 Å². The molecule has 0 unspecified atom stereocenters. The van der Waals surface area contributed by atoms with Gasteiger partial charge in [-0.3, -0.25) is 6.08 Å². The van der Waals surface area contributed by atoms with E-state index in [0.717, 1.165) is 6.42 Å². The second-order valence-corrected chi connectivity index (χ2v) is 1.47. The largest absolute Gasteiger partial charge is 4.00 e. The minimum atomic E-state index is 0. The Morgan fingerprint density at radius 1 is 1.30 bits per heavy atom. The van der Waals surface area contributed by atoms with Crippen LogP contribution in [0.4, 0.5) is 0 Å². The van der Waals surface area contributed by atoms with Gasteiger partial charge in [0.1, 0.15) is 0 Å². The number of hydrogen-bond acceptors (Lipinski definition) is 0. The second-order valence-electron chi connectivity index (χ2n) is 1.47. The fraction of sp³-hybridized carbons (Fsp3) is 0.333. The number of hydrogen-bond donors (Lipinski definition) is 0. The normalized spacial score (nSPS) is 11.1. The van der Waals surface area contributed by atoms with Gasteiger partial charge in [-0.05, 0) is 0 Å². The molecule has 0 spiro atoms. The van der Waals surface area contributed by atoms with Crippen molar-refractivity contribution in [2.24, 2.45) is 0 Å². The SMILES string of the molecule is CC1=[C-]CC=C1.[I-].[I-].[I-].[Ti+4]. The first-order valence-electron chi connectivity index (χ1n) is 2.13. The summed E-state index contributed by atoms with van der Waals surface area (Å²) in [6.07, 6.45) is 8.33. The average Bonchev–Trinajstić information content (AvgIpc) is 1.86. The number of allylic oxidation sites excluding steroid dienone is 4. The number of rotatable bonds is 0. The minimum Gasteiger partial charge on any atom is -1.00 e. The van der Waals surface area contributed by atoms with E-state index in [0.29, 0.717) is 0 Å². The molecule has 0 saturated carbocycles. The number of halogens is 3. The Balaban J connectivity index is -0.0000000450. The van der Waals surface area contributed by atoms with Crippen molar-refractivity contribution in [3.05, 3.63) is 23.8 Å². The van der Waals surface area contributed by atoms with Gasteiger partial charge >= 0.3 is 21.7 Å². The molecule has 0 aliphatic heterocycles. The fourth-order valence-corrected chi connectivity index (χ4v) is 0.515. The van der Waals surface area contributed by atoms with Gasteiger partial charge in [0.05, 0.1) is 0 Å². The summed E-state index contributed by atoms with van der Waals surface area (Å²) in [4.78, 5) is 0. The van der Waals surface area contributed by atoms with Crippen molar-refractivity contribution in [2.45, 2.75) is 13.3 Å². The van der Waals surface area contributed by atoms with Crippen molar-refractivity contribution >= 4 is 0 Å². The van der Waals surface area contributed by atoms with Crippen molar-refractivity contribution in [3.8, 4) is 0 Å². The molecule has 0 nitrogen and oxygen atoms in total. The Hall–Kier alpha value is 2.38. The molecule has 4 heteroatoms. The smallest absolute Gasteiger partial charge is 1.00 e. The Labute approximate surface area is 129 Å². The molecule has 0 atom stereocenters. The maximum atomic E-state index is 3.12. The van der Waals surface area contributed by atoms with Crippen molar-refractivity contribution in [3.63, 3.8) is 0 Å². The predicted octanol–water partition coefficient (Wildman–Crippen LogP) is -7.29. The summed E-state index contributed by atoms with van der Waals surface area (Å²) in [7, 11) is 0. The van der Waals surface area contributed by atoms with Crippen LogP contribution < -0.4 is 71.9 Å². The van der Waals surface area contributed by atoms with Crippen LogP contribution in [0.25, 0.3) is 0 Å². The van der Waals surface area contributed by atoms with Gasteiger partial charge < -0.3 is 71.9 Å². The molecule has 0 N–H and O–H groups in total. The molecule has 0 amide bonds. The molecule has 0 aromatic heterocycles. The van der Waals surface area contributed by atoms with E-state index in [1.54, 1.807) is 0 Å². The molecule has 0 radical (unpaired) electrons. The van der Waals surface area contributed by atoms with Crippen LogP contribution in [0.15, 0.2) is 17.7 Å². The maximum Gasteiger partial charge on any atom is 4.00 e. The van der Waals surface area contributed by atoms with Crippen molar-refractivity contribution in [1.82, 2.24) is 0 Å². The van der Waals surface area contributed by atoms with E-state index in [2.05, 4.69) is 25.2 Å². The van der Waals surface area contributed by atoms with Gasteiger partial charge in [-0.2, -0.15) is 6.08 Å². The zero-order chi connectivity index (χ0) is 4.41. The molecule has 0 saturated heterocycles. The second kappa shape index (κ2) is 13.9. The van der Waals surface area contributed by atoms with Crippen molar-refractivity contribution in [2.75, 3.05) is 0 Å². The summed E-state index contributed by atoms with van der Waals surface area (Å²) in [5.74, 6) is 0. The van der Waals surface area contributed by atoms with E-state index in [1.807, 2.05) is 0 Å². The summed E-state index contributed by atoms with van der Waals surface area (Å²) in [6.45, 7) is 2.06. The molecule has 0 aromatic carbocycles. The third-order valence-corrected chi connectivity index (χ3v) is 0.867. The van der Waals surface area contributed by atoms with Crippen LogP contribution in [0.5, 0.6) is 0 Å². The van der Waals surface area contributed by atoms with Crippen LogP contribution in [0.3, 0.4) is 0 Å². The van der Waals surface area contributed by atoms with Gasteiger partial charge in [-0.15, -0.1) is 6.42 Å². The third-order valence-electron chi connectivity index (χ3n) is 0.867. The van der Waals surface area contributed by atoms with E-state index in [-0.39, 0.29) is 93.6 Å². The average molecular weight is 508 g/mol. The van der Waals surface area contributed by atoms with Crippen LogP contribution in [0.2, 0.25) is 0 Å². The quantitative estimate of drug-likeness (QED) is 0.174. The zero-order valence-corrected chi connectivity index (χ0v) is 13.5. The summed E-state index contributed by atoms with van der Waals surface area (Å²) in [6, 6.07) is 0. The fourth-order valence-electron chi connectivity index (χ4n) is 0.515. The van der Waals surface area contributed by atoms with Gasteiger partial charge in [0.2, 0.25) is 0 Å². The monoisotopic (exact) mass is 508 g/mol. The van der Waals surface area contributed by atoms with Crippen LogP contribution >= 0.6 is 0 Å². The summed E-state index contributed by atoms with van der Waals surface area (Å²) in [5, 5.41) is 0. The first kappa shape index (κ1) is 22.8. The van der Waals surface area contributed by atoms with Crippen LogP contribution in [0.1, 0.15) is 13.3 Å². The van der Waals surface area contributed by atoms with Gasteiger partial charge in [0.15, 0.2) is 0 Å². The van der Waals surface area contributed by atoms with Gasteiger partial charge in [-0.1, -0.05) is 6.92 Å². The Kier molecular flexibility index (Phi) is 31.8. The molecule has 10 heavy (non-hydrogen) atoms. The maximum absolute atomic E-state index is 3.12. The first-order valence-corrected chi connectivity index (χ1v) is 2.13. The molecule has 1 aliphatic carbocycles. The Bertz CT molecular complexity index is 107. The molecular weight excluding hydrogens is 501 g/mol. The zero-order valence-electron chi connectivity index (χ0n) is 5.50. The standard InChI is InChI=1S/C6H7.3HI.Ti/c1-6-4-2-3-5-6;;;;/h2,4H,3H2,1H3;3*1H;/q-1;;;;+4/p-3. The molecule has 56 valence electrons. The van der Waals surface area contributed by atoms with E-state index < -0.39 is 0 Å². The topological polar surface area (TPSA) is 0 Å². The first-order chi connectivity index (χ1) is 2.89. The molecule has 1 aliphatic rings. The van der Waals surface area contributed by atoms with Gasteiger partial charge in [-0.25, -0.2) is 11.6 Å². The van der Waals surface area contributed by atoms with E-state index in [1.165, 1.54) is 5.57 Å². The predicted molar refractivity (Wildman–Crippen MR) is 26.2 cm³/mol. The summed E-state index contributed by atoms with van der Waals surface area (Å²) >= 11 is 0. The van der Waals surface area contributed by atoms with Crippen molar-refractivity contribution < 1.29 is 93.6 Å². The molecule has 0 bridgehead atoms. The van der Waals surface area contributed by atoms with E-state index in [4.69, 9.17) is 0 Å². The van der Waals surface area contributed by atoms with E-state index >= 15 is 0 Å². The molecule has 0 heterocycles. The Morgan fingerprint density at radius 2 is 1.80 bits per heavy atom. The van der Waals surface area contributed by atoms with Gasteiger partial charge in [0.25, 0.3) is 0 Å². The summed E-state index contributed by atoms with van der Waals surface area (Å²) < 4.78 is 0. The molecular formula is C6H7I3Ti. The van der Waals surface area contributed by atoms with Crippen LogP contribution in [-0.4, -0.2) is 0 Å².